The lowest BCUT2D eigenvalue weighted by Crippen LogP contribution is -2.11. The van der Waals surface area contributed by atoms with E-state index in [9.17, 15) is 4.79 Å². The molecule has 3 nitrogen and oxygen atoms in total. The monoisotopic (exact) mass is 406 g/mol. The molecule has 144 valence electrons. The molecule has 0 aliphatic rings. The molecule has 2 aromatic heterocycles. The molecule has 0 saturated carbocycles. The van der Waals surface area contributed by atoms with Crippen molar-refractivity contribution in [1.82, 2.24) is 9.55 Å². The van der Waals surface area contributed by atoms with Gasteiger partial charge in [0.15, 0.2) is 5.82 Å². The molecule has 0 atom stereocenters. The summed E-state index contributed by atoms with van der Waals surface area (Å²) in [5.74, 6) is 0.725. The Bertz CT molecular complexity index is 1280. The van der Waals surface area contributed by atoms with E-state index in [-0.39, 0.29) is 5.78 Å². The molecule has 0 aliphatic heterocycles. The highest BCUT2D eigenvalue weighted by Crippen LogP contribution is 2.35. The van der Waals surface area contributed by atoms with Crippen molar-refractivity contribution in [1.29, 1.82) is 0 Å². The summed E-state index contributed by atoms with van der Waals surface area (Å²) in [5, 5.41) is 2.03. The Morgan fingerprint density at radius 2 is 1.37 bits per heavy atom. The smallest absolute Gasteiger partial charge is 0.212 e. The van der Waals surface area contributed by atoms with Crippen molar-refractivity contribution in [3.8, 4) is 27.6 Å². The van der Waals surface area contributed by atoms with Crippen molar-refractivity contribution in [2.24, 2.45) is 0 Å². The lowest BCUT2D eigenvalue weighted by molar-refractivity contribution is 0.103. The standard InChI is InChI=1S/C26H18N2OS/c29-25(20-13-6-2-7-14-20)24-23(19-11-4-1-5-12-19)27-26(22-17-10-18-30-22)28(24)21-15-8-3-9-16-21/h1-18H. The van der Waals surface area contributed by atoms with Gasteiger partial charge in [-0.15, -0.1) is 11.3 Å². The van der Waals surface area contributed by atoms with Gasteiger partial charge in [-0.1, -0.05) is 84.9 Å². The second-order valence-corrected chi connectivity index (χ2v) is 7.79. The van der Waals surface area contributed by atoms with Crippen LogP contribution in [0.3, 0.4) is 0 Å². The number of aromatic nitrogens is 2. The van der Waals surface area contributed by atoms with Crippen LogP contribution in [0.25, 0.3) is 27.6 Å². The van der Waals surface area contributed by atoms with Crippen LogP contribution < -0.4 is 0 Å². The van der Waals surface area contributed by atoms with E-state index in [2.05, 4.69) is 0 Å². The Morgan fingerprint density at radius 1 is 0.733 bits per heavy atom. The van der Waals surface area contributed by atoms with Gasteiger partial charge in [0, 0.05) is 16.8 Å². The zero-order chi connectivity index (χ0) is 20.3. The van der Waals surface area contributed by atoms with Crippen molar-refractivity contribution < 1.29 is 4.79 Å². The highest BCUT2D eigenvalue weighted by molar-refractivity contribution is 7.13. The Hall–Kier alpha value is -3.76. The molecule has 0 unspecified atom stereocenters. The van der Waals surface area contributed by atoms with E-state index in [0.717, 1.165) is 22.0 Å². The minimum atomic E-state index is -0.0476. The van der Waals surface area contributed by atoms with Gasteiger partial charge in [0.1, 0.15) is 11.4 Å². The van der Waals surface area contributed by atoms with Crippen LogP contribution >= 0.6 is 11.3 Å². The summed E-state index contributed by atoms with van der Waals surface area (Å²) in [6, 6.07) is 33.3. The number of ketones is 1. The van der Waals surface area contributed by atoms with E-state index in [1.807, 2.05) is 113 Å². The van der Waals surface area contributed by atoms with Crippen LogP contribution in [-0.2, 0) is 0 Å². The van der Waals surface area contributed by atoms with Crippen LogP contribution in [0, 0.1) is 0 Å². The summed E-state index contributed by atoms with van der Waals surface area (Å²) in [6.45, 7) is 0. The molecule has 0 spiro atoms. The zero-order valence-electron chi connectivity index (χ0n) is 16.1. The number of carbonyl (C=O) groups excluding carboxylic acids is 1. The van der Waals surface area contributed by atoms with Gasteiger partial charge < -0.3 is 0 Å². The highest BCUT2D eigenvalue weighted by atomic mass is 32.1. The van der Waals surface area contributed by atoms with Crippen LogP contribution in [0.2, 0.25) is 0 Å². The van der Waals surface area contributed by atoms with Gasteiger partial charge in [0.05, 0.1) is 4.88 Å². The topological polar surface area (TPSA) is 34.9 Å². The van der Waals surface area contributed by atoms with Gasteiger partial charge in [0.25, 0.3) is 0 Å². The predicted octanol–water partition coefficient (Wildman–Crippen LogP) is 6.50. The van der Waals surface area contributed by atoms with Crippen LogP contribution in [0.15, 0.2) is 109 Å². The lowest BCUT2D eigenvalue weighted by Gasteiger charge is -2.12. The fourth-order valence-corrected chi connectivity index (χ4v) is 4.26. The van der Waals surface area contributed by atoms with Crippen LogP contribution in [0.5, 0.6) is 0 Å². The maximum absolute atomic E-state index is 13.8. The van der Waals surface area contributed by atoms with E-state index < -0.39 is 0 Å². The number of rotatable bonds is 5. The summed E-state index contributed by atoms with van der Waals surface area (Å²) < 4.78 is 1.99. The maximum atomic E-state index is 13.8. The van der Waals surface area contributed by atoms with Gasteiger partial charge in [-0.2, -0.15) is 0 Å². The predicted molar refractivity (Wildman–Crippen MR) is 122 cm³/mol. The van der Waals surface area contributed by atoms with Crippen molar-refractivity contribution in [3.63, 3.8) is 0 Å². The molecule has 0 bridgehead atoms. The molecule has 4 heteroatoms. The number of carbonyl (C=O) groups is 1. The molecule has 0 fully saturated rings. The molecule has 0 amide bonds. The Morgan fingerprint density at radius 3 is 2.00 bits per heavy atom. The molecule has 30 heavy (non-hydrogen) atoms. The third-order valence-corrected chi connectivity index (χ3v) is 5.80. The normalized spacial score (nSPS) is 10.8. The van der Waals surface area contributed by atoms with Crippen LogP contribution in [0.4, 0.5) is 0 Å². The summed E-state index contributed by atoms with van der Waals surface area (Å²) >= 11 is 1.61. The molecular weight excluding hydrogens is 388 g/mol. The molecule has 3 aromatic carbocycles. The number of para-hydroxylation sites is 1. The molecule has 5 aromatic rings. The van der Waals surface area contributed by atoms with Crippen molar-refractivity contribution >= 4 is 17.1 Å². The third-order valence-electron chi connectivity index (χ3n) is 4.93. The first-order chi connectivity index (χ1) is 14.8. The Kier molecular flexibility index (Phi) is 4.83. The number of hydrogen-bond acceptors (Lipinski definition) is 3. The summed E-state index contributed by atoms with van der Waals surface area (Å²) in [5.41, 5.74) is 3.74. The zero-order valence-corrected chi connectivity index (χ0v) is 16.9. The molecule has 5 rings (SSSR count). The maximum Gasteiger partial charge on any atom is 0.212 e. The van der Waals surface area contributed by atoms with Gasteiger partial charge in [-0.3, -0.25) is 9.36 Å². The fraction of sp³-hybridized carbons (Fsp3) is 0. The number of hydrogen-bond donors (Lipinski definition) is 0. The van der Waals surface area contributed by atoms with Crippen LogP contribution in [0.1, 0.15) is 16.1 Å². The molecule has 0 saturated heterocycles. The largest absolute Gasteiger partial charge is 0.288 e. The van der Waals surface area contributed by atoms with E-state index in [1.54, 1.807) is 11.3 Å². The van der Waals surface area contributed by atoms with E-state index in [0.29, 0.717) is 17.0 Å². The van der Waals surface area contributed by atoms with Gasteiger partial charge >= 0.3 is 0 Å². The average molecular weight is 407 g/mol. The molecule has 0 N–H and O–H groups in total. The van der Waals surface area contributed by atoms with Crippen molar-refractivity contribution in [3.05, 3.63) is 120 Å². The summed E-state index contributed by atoms with van der Waals surface area (Å²) in [6.07, 6.45) is 0. The van der Waals surface area contributed by atoms with E-state index in [1.165, 1.54) is 0 Å². The van der Waals surface area contributed by atoms with E-state index in [4.69, 9.17) is 4.98 Å². The third kappa shape index (κ3) is 3.27. The summed E-state index contributed by atoms with van der Waals surface area (Å²) in [7, 11) is 0. The molecular formula is C26H18N2OS. The molecule has 2 heterocycles. The van der Waals surface area contributed by atoms with Gasteiger partial charge in [-0.25, -0.2) is 4.98 Å². The van der Waals surface area contributed by atoms with Crippen molar-refractivity contribution in [2.75, 3.05) is 0 Å². The van der Waals surface area contributed by atoms with Crippen LogP contribution in [-0.4, -0.2) is 15.3 Å². The van der Waals surface area contributed by atoms with Gasteiger partial charge in [0.2, 0.25) is 5.78 Å². The first-order valence-corrected chi connectivity index (χ1v) is 10.6. The number of benzene rings is 3. The Labute approximate surface area is 178 Å². The second-order valence-electron chi connectivity index (χ2n) is 6.84. The minimum Gasteiger partial charge on any atom is -0.288 e. The Balaban J connectivity index is 1.85. The second kappa shape index (κ2) is 7.93. The minimum absolute atomic E-state index is 0.0476. The SMILES string of the molecule is O=C(c1ccccc1)c1c(-c2ccccc2)nc(-c2cccs2)n1-c1ccccc1. The first kappa shape index (κ1) is 18.3. The highest BCUT2D eigenvalue weighted by Gasteiger charge is 2.26. The number of thiophene rings is 1. The fourth-order valence-electron chi connectivity index (χ4n) is 3.55. The van der Waals surface area contributed by atoms with E-state index >= 15 is 0 Å². The summed E-state index contributed by atoms with van der Waals surface area (Å²) in [4.78, 5) is 19.8. The lowest BCUT2D eigenvalue weighted by atomic mass is 10.0. The molecule has 0 radical (unpaired) electrons. The molecule has 0 aliphatic carbocycles. The van der Waals surface area contributed by atoms with Gasteiger partial charge in [-0.05, 0) is 23.6 Å². The number of imidazole rings is 1. The quantitative estimate of drug-likeness (QED) is 0.312. The first-order valence-electron chi connectivity index (χ1n) is 9.70. The average Bonchev–Trinajstić information content (AvgIpc) is 3.48. The van der Waals surface area contributed by atoms with Crippen molar-refractivity contribution in [2.45, 2.75) is 0 Å². The number of nitrogens with zero attached hydrogens (tertiary/aromatic N) is 2.